The van der Waals surface area contributed by atoms with E-state index in [4.69, 9.17) is 13.8 Å². The Hall–Kier alpha value is -1.85. The third kappa shape index (κ3) is 7.24. The first-order chi connectivity index (χ1) is 9.97. The maximum Gasteiger partial charge on any atom is 0.520 e. The average Bonchev–Trinajstić information content (AvgIpc) is 2.26. The van der Waals surface area contributed by atoms with Crippen LogP contribution in [0.1, 0.15) is 27.7 Å². The van der Waals surface area contributed by atoms with E-state index < -0.39 is 19.4 Å². The summed E-state index contributed by atoms with van der Waals surface area (Å²) in [5.74, 6) is -0.0193. The van der Waals surface area contributed by atoms with Crippen molar-refractivity contribution in [1.82, 2.24) is 0 Å². The van der Waals surface area contributed by atoms with Crippen LogP contribution in [0.15, 0.2) is 24.3 Å². The van der Waals surface area contributed by atoms with E-state index in [1.165, 1.54) is 25.7 Å². The zero-order chi connectivity index (χ0) is 17.0. The molecule has 1 N–H and O–H groups in total. The molecule has 0 radical (unpaired) electrons. The Balaban J connectivity index is 2.61. The Labute approximate surface area is 129 Å². The minimum atomic E-state index is -3.57. The number of carbonyl (C=O) groups excluding carboxylic acids is 2. The van der Waals surface area contributed by atoms with Crippen molar-refractivity contribution in [3.63, 3.8) is 0 Å². The Morgan fingerprint density at radius 2 is 1.68 bits per heavy atom. The van der Waals surface area contributed by atoms with Gasteiger partial charge in [0.25, 0.3) is 0 Å². The van der Waals surface area contributed by atoms with Crippen molar-refractivity contribution in [3.05, 3.63) is 24.3 Å². The van der Waals surface area contributed by atoms with Crippen LogP contribution >= 0.6 is 7.60 Å². The Kier molecular flexibility index (Phi) is 5.74. The molecule has 1 unspecified atom stereocenters. The molecule has 0 spiro atoms. The molecule has 1 aromatic rings. The molecule has 0 aliphatic carbocycles. The lowest BCUT2D eigenvalue weighted by Gasteiger charge is -2.23. The fraction of sp³-hybridized carbons (Fsp3) is 0.429. The van der Waals surface area contributed by atoms with Crippen molar-refractivity contribution >= 4 is 25.3 Å². The molecular formula is C14H20NO6P. The van der Waals surface area contributed by atoms with Crippen molar-refractivity contribution in [2.24, 2.45) is 0 Å². The zero-order valence-electron chi connectivity index (χ0n) is 13.2. The monoisotopic (exact) mass is 329 g/mol. The van der Waals surface area contributed by atoms with E-state index in [1.54, 1.807) is 32.9 Å². The highest BCUT2D eigenvalue weighted by molar-refractivity contribution is 7.53. The summed E-state index contributed by atoms with van der Waals surface area (Å²) >= 11 is 0. The summed E-state index contributed by atoms with van der Waals surface area (Å²) in [6.07, 6.45) is -1.12. The minimum Gasteiger partial charge on any atom is -0.395 e. The van der Waals surface area contributed by atoms with Gasteiger partial charge < -0.3 is 14.6 Å². The predicted octanol–water partition coefficient (Wildman–Crippen LogP) is 3.80. The number of carbonyl (C=O) groups is 2. The average molecular weight is 329 g/mol. The quantitative estimate of drug-likeness (QED) is 0.513. The van der Waals surface area contributed by atoms with E-state index in [0.29, 0.717) is 5.69 Å². The van der Waals surface area contributed by atoms with Crippen molar-refractivity contribution in [2.75, 3.05) is 12.0 Å². The summed E-state index contributed by atoms with van der Waals surface area (Å²) in [5, 5.41) is 2.57. The van der Waals surface area contributed by atoms with Gasteiger partial charge in [0.1, 0.15) is 5.75 Å². The molecule has 0 heterocycles. The maximum atomic E-state index is 12.0. The molecule has 22 heavy (non-hydrogen) atoms. The molecule has 0 saturated heterocycles. The molecule has 122 valence electrons. The van der Waals surface area contributed by atoms with Crippen molar-refractivity contribution in [1.29, 1.82) is 0 Å². The molecule has 0 aliphatic heterocycles. The zero-order valence-corrected chi connectivity index (χ0v) is 14.1. The second-order valence-corrected chi connectivity index (χ2v) is 7.53. The highest BCUT2D eigenvalue weighted by Gasteiger charge is 2.29. The number of amides is 1. The second kappa shape index (κ2) is 6.94. The standard InChI is InChI=1S/C14H20NO6P/c1-10(16)15-11-6-8-12(9-7-11)19-13(17)20-22(5,18)21-14(2,3)4/h6-9H,1-5H3,(H,15,16). The van der Waals surface area contributed by atoms with Crippen LogP contribution in [0.3, 0.4) is 0 Å². The third-order valence-electron chi connectivity index (χ3n) is 2.06. The summed E-state index contributed by atoms with van der Waals surface area (Å²) in [5.41, 5.74) is -0.157. The minimum absolute atomic E-state index is 0.190. The molecule has 1 atom stereocenters. The second-order valence-electron chi connectivity index (χ2n) is 5.62. The molecule has 8 heteroatoms. The lowest BCUT2D eigenvalue weighted by atomic mass is 10.2. The van der Waals surface area contributed by atoms with Crippen LogP contribution < -0.4 is 10.1 Å². The molecular weight excluding hydrogens is 309 g/mol. The van der Waals surface area contributed by atoms with Crippen LogP contribution in [0.25, 0.3) is 0 Å². The smallest absolute Gasteiger partial charge is 0.395 e. The van der Waals surface area contributed by atoms with Crippen LogP contribution in [0.5, 0.6) is 5.75 Å². The van der Waals surface area contributed by atoms with Crippen LogP contribution in [-0.2, 0) is 18.4 Å². The molecule has 0 aromatic heterocycles. The number of anilines is 1. The molecule has 1 rings (SSSR count). The highest BCUT2D eigenvalue weighted by atomic mass is 31.2. The van der Waals surface area contributed by atoms with Gasteiger partial charge in [-0.05, 0) is 45.0 Å². The molecule has 7 nitrogen and oxygen atoms in total. The molecule has 0 saturated carbocycles. The fourth-order valence-corrected chi connectivity index (χ4v) is 2.92. The SMILES string of the molecule is CC(=O)Nc1ccc(OC(=O)OP(C)(=O)OC(C)(C)C)cc1. The Morgan fingerprint density at radius 3 is 2.14 bits per heavy atom. The largest absolute Gasteiger partial charge is 0.520 e. The van der Waals surface area contributed by atoms with Gasteiger partial charge in [-0.2, -0.15) is 0 Å². The van der Waals surface area contributed by atoms with Gasteiger partial charge in [-0.15, -0.1) is 0 Å². The normalized spacial score (nSPS) is 13.9. The van der Waals surface area contributed by atoms with Gasteiger partial charge >= 0.3 is 13.8 Å². The number of ether oxygens (including phenoxy) is 1. The lowest BCUT2D eigenvalue weighted by Crippen LogP contribution is -2.19. The van der Waals surface area contributed by atoms with Gasteiger partial charge in [0.15, 0.2) is 0 Å². The van der Waals surface area contributed by atoms with Gasteiger partial charge in [-0.25, -0.2) is 9.36 Å². The van der Waals surface area contributed by atoms with E-state index >= 15 is 0 Å². The third-order valence-corrected chi connectivity index (χ3v) is 3.42. The van der Waals surface area contributed by atoms with Crippen LogP contribution in [0.2, 0.25) is 0 Å². The summed E-state index contributed by atoms with van der Waals surface area (Å²) in [6, 6.07) is 6.05. The number of nitrogens with one attached hydrogen (secondary N) is 1. The van der Waals surface area contributed by atoms with E-state index in [9.17, 15) is 14.2 Å². The fourth-order valence-electron chi connectivity index (χ4n) is 1.58. The van der Waals surface area contributed by atoms with Gasteiger partial charge in [-0.1, -0.05) is 0 Å². The molecule has 0 bridgehead atoms. The number of rotatable bonds is 4. The number of hydrogen-bond donors (Lipinski definition) is 1. The van der Waals surface area contributed by atoms with E-state index in [1.807, 2.05) is 0 Å². The van der Waals surface area contributed by atoms with Gasteiger partial charge in [0.2, 0.25) is 5.91 Å². The molecule has 0 fully saturated rings. The Morgan fingerprint density at radius 1 is 1.14 bits per heavy atom. The first-order valence-electron chi connectivity index (χ1n) is 6.54. The van der Waals surface area contributed by atoms with Crippen molar-refractivity contribution in [3.8, 4) is 5.75 Å². The number of hydrogen-bond acceptors (Lipinski definition) is 6. The maximum absolute atomic E-state index is 12.0. The topological polar surface area (TPSA) is 90.9 Å². The lowest BCUT2D eigenvalue weighted by molar-refractivity contribution is -0.114. The van der Waals surface area contributed by atoms with E-state index in [0.717, 1.165) is 0 Å². The van der Waals surface area contributed by atoms with Crippen molar-refractivity contribution < 1.29 is 27.9 Å². The van der Waals surface area contributed by atoms with Crippen molar-refractivity contribution in [2.45, 2.75) is 33.3 Å². The first-order valence-corrected chi connectivity index (χ1v) is 8.53. The summed E-state index contributed by atoms with van der Waals surface area (Å²) in [6.45, 7) is 7.66. The summed E-state index contributed by atoms with van der Waals surface area (Å²) in [4.78, 5) is 22.5. The van der Waals surface area contributed by atoms with Gasteiger partial charge in [-0.3, -0.25) is 9.32 Å². The number of benzene rings is 1. The highest BCUT2D eigenvalue weighted by Crippen LogP contribution is 2.48. The van der Waals surface area contributed by atoms with Gasteiger partial charge in [0, 0.05) is 12.6 Å². The molecule has 0 aliphatic rings. The van der Waals surface area contributed by atoms with E-state index in [2.05, 4.69) is 5.32 Å². The summed E-state index contributed by atoms with van der Waals surface area (Å²) < 4.78 is 26.8. The summed E-state index contributed by atoms with van der Waals surface area (Å²) in [7, 11) is -3.57. The van der Waals surface area contributed by atoms with Crippen LogP contribution in [0.4, 0.5) is 10.5 Å². The van der Waals surface area contributed by atoms with Crippen LogP contribution in [-0.4, -0.2) is 24.3 Å². The van der Waals surface area contributed by atoms with E-state index in [-0.39, 0.29) is 11.7 Å². The predicted molar refractivity (Wildman–Crippen MR) is 82.2 cm³/mol. The van der Waals surface area contributed by atoms with Crippen LogP contribution in [0, 0.1) is 0 Å². The Bertz CT molecular complexity index is 590. The molecule has 1 amide bonds. The first kappa shape index (κ1) is 18.2. The van der Waals surface area contributed by atoms with Gasteiger partial charge in [0.05, 0.1) is 12.3 Å². The molecule has 1 aromatic carbocycles.